The fourth-order valence-electron chi connectivity index (χ4n) is 1.10. The van der Waals surface area contributed by atoms with Crippen molar-refractivity contribution in [3.8, 4) is 5.75 Å². The summed E-state index contributed by atoms with van der Waals surface area (Å²) >= 11 is 5.34. The number of carbonyl (C=O) groups excluding carboxylic acids is 1. The Kier molecular flexibility index (Phi) is 5.15. The average molecular weight is 229 g/mol. The van der Waals surface area contributed by atoms with Crippen molar-refractivity contribution in [3.63, 3.8) is 0 Å². The molecule has 1 aromatic rings. The van der Waals surface area contributed by atoms with Crippen LogP contribution in [-0.2, 0) is 4.74 Å². The third kappa shape index (κ3) is 4.32. The summed E-state index contributed by atoms with van der Waals surface area (Å²) in [5, 5.41) is -0.475. The lowest BCUT2D eigenvalue weighted by Crippen LogP contribution is -2.01. The van der Waals surface area contributed by atoms with Crippen LogP contribution < -0.4 is 4.74 Å². The lowest BCUT2D eigenvalue weighted by atomic mass is 10.2. The van der Waals surface area contributed by atoms with Gasteiger partial charge in [-0.25, -0.2) is 0 Å². The van der Waals surface area contributed by atoms with Crippen molar-refractivity contribution in [1.29, 1.82) is 0 Å². The van der Waals surface area contributed by atoms with Gasteiger partial charge in [0.25, 0.3) is 5.24 Å². The lowest BCUT2D eigenvalue weighted by molar-refractivity contribution is 0.108. The van der Waals surface area contributed by atoms with Gasteiger partial charge in [0.2, 0.25) is 0 Å². The first-order chi connectivity index (χ1) is 7.24. The molecule has 0 unspecified atom stereocenters. The maximum absolute atomic E-state index is 10.9. The summed E-state index contributed by atoms with van der Waals surface area (Å²) in [4.78, 5) is 10.9. The van der Waals surface area contributed by atoms with Crippen LogP contribution in [0.3, 0.4) is 0 Å². The van der Waals surface area contributed by atoms with Crippen LogP contribution in [0.2, 0.25) is 0 Å². The van der Waals surface area contributed by atoms with E-state index in [0.717, 1.165) is 6.42 Å². The molecule has 3 nitrogen and oxygen atoms in total. The maximum atomic E-state index is 10.9. The molecule has 15 heavy (non-hydrogen) atoms. The van der Waals surface area contributed by atoms with Crippen LogP contribution in [0, 0.1) is 0 Å². The highest BCUT2D eigenvalue weighted by Gasteiger charge is 2.02. The number of methoxy groups -OCH3 is 1. The number of hydrogen-bond acceptors (Lipinski definition) is 3. The SMILES string of the molecule is COCCCOc1cccc(C(=O)Cl)c1. The highest BCUT2D eigenvalue weighted by atomic mass is 35.5. The summed E-state index contributed by atoms with van der Waals surface area (Å²) in [6.45, 7) is 1.22. The van der Waals surface area contributed by atoms with Crippen LogP contribution >= 0.6 is 11.6 Å². The first-order valence-corrected chi connectivity index (χ1v) is 5.03. The van der Waals surface area contributed by atoms with Gasteiger partial charge in [0, 0.05) is 25.7 Å². The Morgan fingerprint density at radius 3 is 2.87 bits per heavy atom. The largest absolute Gasteiger partial charge is 0.493 e. The van der Waals surface area contributed by atoms with Gasteiger partial charge in [-0.15, -0.1) is 0 Å². The van der Waals surface area contributed by atoms with E-state index in [1.165, 1.54) is 0 Å². The second-order valence-electron chi connectivity index (χ2n) is 3.00. The summed E-state index contributed by atoms with van der Waals surface area (Å²) in [5.41, 5.74) is 0.445. The predicted octanol–water partition coefficient (Wildman–Crippen LogP) is 2.48. The van der Waals surface area contributed by atoms with Crippen LogP contribution in [0.25, 0.3) is 0 Å². The van der Waals surface area contributed by atoms with Gasteiger partial charge >= 0.3 is 0 Å². The van der Waals surface area contributed by atoms with Crippen molar-refractivity contribution in [3.05, 3.63) is 29.8 Å². The second-order valence-corrected chi connectivity index (χ2v) is 3.34. The Morgan fingerprint density at radius 2 is 2.20 bits per heavy atom. The first-order valence-electron chi connectivity index (χ1n) is 4.65. The summed E-state index contributed by atoms with van der Waals surface area (Å²) in [7, 11) is 1.65. The molecule has 0 aliphatic heterocycles. The molecule has 0 aliphatic carbocycles. The molecule has 0 radical (unpaired) electrons. The summed E-state index contributed by atoms with van der Waals surface area (Å²) < 4.78 is 10.3. The lowest BCUT2D eigenvalue weighted by Gasteiger charge is -2.06. The standard InChI is InChI=1S/C11H13ClO3/c1-14-6-3-7-15-10-5-2-4-9(8-10)11(12)13/h2,4-5,8H,3,6-7H2,1H3. The molecule has 1 rings (SSSR count). The number of benzene rings is 1. The third-order valence-corrected chi connectivity index (χ3v) is 2.04. The van der Waals surface area contributed by atoms with Gasteiger partial charge in [0.05, 0.1) is 6.61 Å². The van der Waals surface area contributed by atoms with Crippen molar-refractivity contribution < 1.29 is 14.3 Å². The molecule has 4 heteroatoms. The number of halogens is 1. The molecule has 0 saturated heterocycles. The van der Waals surface area contributed by atoms with Gasteiger partial charge in [0.1, 0.15) is 5.75 Å². The van der Waals surface area contributed by atoms with Gasteiger partial charge in [-0.1, -0.05) is 6.07 Å². The summed E-state index contributed by atoms with van der Waals surface area (Å²) in [6, 6.07) is 6.80. The quantitative estimate of drug-likeness (QED) is 0.554. The fraction of sp³-hybridized carbons (Fsp3) is 0.364. The van der Waals surface area contributed by atoms with Crippen LogP contribution in [0.5, 0.6) is 5.75 Å². The smallest absolute Gasteiger partial charge is 0.252 e. The molecule has 0 N–H and O–H groups in total. The number of carbonyl (C=O) groups is 1. The Morgan fingerprint density at radius 1 is 1.40 bits per heavy atom. The normalized spacial score (nSPS) is 10.0. The molecule has 82 valence electrons. The Labute approximate surface area is 93.9 Å². The molecule has 0 fully saturated rings. The van der Waals surface area contributed by atoms with Crippen LogP contribution in [0.4, 0.5) is 0 Å². The molecule has 0 atom stereocenters. The molecule has 0 aromatic heterocycles. The molecule has 0 bridgehead atoms. The third-order valence-electron chi connectivity index (χ3n) is 1.82. The summed E-state index contributed by atoms with van der Waals surface area (Å²) in [5.74, 6) is 0.651. The molecule has 1 aromatic carbocycles. The van der Waals surface area contributed by atoms with Crippen molar-refractivity contribution in [2.24, 2.45) is 0 Å². The summed E-state index contributed by atoms with van der Waals surface area (Å²) in [6.07, 6.45) is 0.815. The average Bonchev–Trinajstić information content (AvgIpc) is 2.25. The fourth-order valence-corrected chi connectivity index (χ4v) is 1.22. The predicted molar refractivity (Wildman–Crippen MR) is 58.6 cm³/mol. The topological polar surface area (TPSA) is 35.5 Å². The first kappa shape index (κ1) is 12.0. The van der Waals surface area contributed by atoms with Gasteiger partial charge in [0.15, 0.2) is 0 Å². The maximum Gasteiger partial charge on any atom is 0.252 e. The van der Waals surface area contributed by atoms with E-state index in [4.69, 9.17) is 21.1 Å². The Balaban J connectivity index is 2.47. The monoisotopic (exact) mass is 228 g/mol. The second kappa shape index (κ2) is 6.43. The van der Waals surface area contributed by atoms with E-state index in [0.29, 0.717) is 24.5 Å². The van der Waals surface area contributed by atoms with E-state index < -0.39 is 5.24 Å². The van der Waals surface area contributed by atoms with Crippen LogP contribution in [0.1, 0.15) is 16.8 Å². The molecule has 0 heterocycles. The van der Waals surface area contributed by atoms with Crippen molar-refractivity contribution in [2.45, 2.75) is 6.42 Å². The molecule has 0 spiro atoms. The highest BCUT2D eigenvalue weighted by Crippen LogP contribution is 2.14. The highest BCUT2D eigenvalue weighted by molar-refractivity contribution is 6.67. The van der Waals surface area contributed by atoms with Crippen molar-refractivity contribution >= 4 is 16.8 Å². The minimum atomic E-state index is -0.475. The zero-order chi connectivity index (χ0) is 11.1. The molecule has 0 saturated carbocycles. The van der Waals surface area contributed by atoms with Crippen molar-refractivity contribution in [1.82, 2.24) is 0 Å². The van der Waals surface area contributed by atoms with Crippen molar-refractivity contribution in [2.75, 3.05) is 20.3 Å². The Hall–Kier alpha value is -1.06. The Bertz CT molecular complexity index is 325. The molecular formula is C11H13ClO3. The van der Waals surface area contributed by atoms with Gasteiger partial charge in [-0.3, -0.25) is 4.79 Å². The zero-order valence-electron chi connectivity index (χ0n) is 8.53. The van der Waals surface area contributed by atoms with Gasteiger partial charge < -0.3 is 9.47 Å². The molecule has 0 aliphatic rings. The van der Waals surface area contributed by atoms with Gasteiger partial charge in [-0.05, 0) is 29.8 Å². The molecular weight excluding hydrogens is 216 g/mol. The van der Waals surface area contributed by atoms with E-state index in [1.807, 2.05) is 0 Å². The van der Waals surface area contributed by atoms with E-state index in [9.17, 15) is 4.79 Å². The molecule has 0 amide bonds. The number of ether oxygens (including phenoxy) is 2. The van der Waals surface area contributed by atoms with E-state index in [1.54, 1.807) is 31.4 Å². The minimum absolute atomic E-state index is 0.445. The van der Waals surface area contributed by atoms with Crippen LogP contribution in [-0.4, -0.2) is 25.6 Å². The minimum Gasteiger partial charge on any atom is -0.493 e. The van der Waals surface area contributed by atoms with Crippen LogP contribution in [0.15, 0.2) is 24.3 Å². The van der Waals surface area contributed by atoms with E-state index in [-0.39, 0.29) is 0 Å². The van der Waals surface area contributed by atoms with E-state index >= 15 is 0 Å². The zero-order valence-corrected chi connectivity index (χ0v) is 9.29. The van der Waals surface area contributed by atoms with E-state index in [2.05, 4.69) is 0 Å². The number of hydrogen-bond donors (Lipinski definition) is 0. The number of rotatable bonds is 6. The van der Waals surface area contributed by atoms with Gasteiger partial charge in [-0.2, -0.15) is 0 Å².